The molecule has 0 amide bonds. The van der Waals surface area contributed by atoms with Crippen LogP contribution in [0.1, 0.15) is 49.8 Å². The summed E-state index contributed by atoms with van der Waals surface area (Å²) in [6.07, 6.45) is 0.970. The van der Waals surface area contributed by atoms with E-state index in [1.165, 1.54) is 5.56 Å². The Bertz CT molecular complexity index is 389. The molecule has 3 atom stereocenters. The fraction of sp³-hybridized carbons (Fsp3) is 0.500. The molecule has 18 heavy (non-hydrogen) atoms. The van der Waals surface area contributed by atoms with E-state index in [4.69, 9.17) is 16.6 Å². The van der Waals surface area contributed by atoms with E-state index in [2.05, 4.69) is 13.8 Å². The molecule has 0 aromatic heterocycles. The maximum Gasteiger partial charge on any atom is 0.304 e. The van der Waals surface area contributed by atoms with E-state index in [1.807, 2.05) is 24.3 Å². The van der Waals surface area contributed by atoms with Crippen LogP contribution in [0.3, 0.4) is 0 Å². The number of rotatable bonds is 6. The molecule has 4 nitrogen and oxygen atoms in total. The average molecular weight is 250 g/mol. The van der Waals surface area contributed by atoms with E-state index in [-0.39, 0.29) is 6.42 Å². The van der Waals surface area contributed by atoms with Crippen LogP contribution in [0, 0.1) is 0 Å². The van der Waals surface area contributed by atoms with Gasteiger partial charge in [0, 0.05) is 12.1 Å². The summed E-state index contributed by atoms with van der Waals surface area (Å²) in [5.41, 5.74) is 13.9. The van der Waals surface area contributed by atoms with Gasteiger partial charge in [-0.1, -0.05) is 38.1 Å². The summed E-state index contributed by atoms with van der Waals surface area (Å²) < 4.78 is 0. The first-order chi connectivity index (χ1) is 8.45. The molecule has 100 valence electrons. The minimum Gasteiger partial charge on any atom is -0.481 e. The maximum atomic E-state index is 10.6. The van der Waals surface area contributed by atoms with Crippen molar-refractivity contribution in [2.75, 3.05) is 0 Å². The molecule has 1 aromatic rings. The van der Waals surface area contributed by atoms with Crippen molar-refractivity contribution < 1.29 is 9.90 Å². The number of nitrogens with two attached hydrogens (primary N) is 2. The van der Waals surface area contributed by atoms with Crippen molar-refractivity contribution in [3.63, 3.8) is 0 Å². The van der Waals surface area contributed by atoms with Crippen LogP contribution in [-0.2, 0) is 4.79 Å². The van der Waals surface area contributed by atoms with Gasteiger partial charge in [-0.15, -0.1) is 0 Å². The smallest absolute Gasteiger partial charge is 0.304 e. The highest BCUT2D eigenvalue weighted by Gasteiger charge is 2.18. The van der Waals surface area contributed by atoms with Gasteiger partial charge < -0.3 is 16.6 Å². The fourth-order valence-electron chi connectivity index (χ4n) is 1.86. The highest BCUT2D eigenvalue weighted by molar-refractivity contribution is 5.67. The number of carboxylic acids is 1. The molecule has 0 fully saturated rings. The SMILES string of the molecule is CCC(C)c1ccc(C(N)C(N)CC(=O)O)cc1. The molecule has 4 heteroatoms. The van der Waals surface area contributed by atoms with Gasteiger partial charge in [0.1, 0.15) is 0 Å². The Morgan fingerprint density at radius 3 is 2.17 bits per heavy atom. The molecule has 1 rings (SSSR count). The van der Waals surface area contributed by atoms with Gasteiger partial charge in [0.05, 0.1) is 6.42 Å². The molecule has 3 unspecified atom stereocenters. The van der Waals surface area contributed by atoms with Gasteiger partial charge in [0.15, 0.2) is 0 Å². The number of aliphatic carboxylic acids is 1. The summed E-state index contributed by atoms with van der Waals surface area (Å²) >= 11 is 0. The summed E-state index contributed by atoms with van der Waals surface area (Å²) in [5.74, 6) is -0.405. The number of carbonyl (C=O) groups is 1. The molecule has 0 saturated heterocycles. The third kappa shape index (κ3) is 3.82. The molecule has 0 aliphatic carbocycles. The van der Waals surface area contributed by atoms with Crippen LogP contribution in [-0.4, -0.2) is 17.1 Å². The fourth-order valence-corrected chi connectivity index (χ4v) is 1.86. The van der Waals surface area contributed by atoms with Gasteiger partial charge in [-0.25, -0.2) is 0 Å². The van der Waals surface area contributed by atoms with E-state index >= 15 is 0 Å². The molecule has 5 N–H and O–H groups in total. The molecule has 0 aliphatic rings. The minimum atomic E-state index is -0.922. The second-order valence-electron chi connectivity index (χ2n) is 4.76. The second kappa shape index (κ2) is 6.52. The summed E-state index contributed by atoms with van der Waals surface area (Å²) in [6, 6.07) is 6.96. The van der Waals surface area contributed by atoms with Gasteiger partial charge in [-0.3, -0.25) is 4.79 Å². The molecule has 0 spiro atoms. The van der Waals surface area contributed by atoms with E-state index in [1.54, 1.807) is 0 Å². The molecule has 0 bridgehead atoms. The average Bonchev–Trinajstić information content (AvgIpc) is 2.36. The predicted molar refractivity (Wildman–Crippen MR) is 72.3 cm³/mol. The summed E-state index contributed by atoms with van der Waals surface area (Å²) in [6.45, 7) is 4.32. The Kier molecular flexibility index (Phi) is 5.31. The second-order valence-corrected chi connectivity index (χ2v) is 4.76. The van der Waals surface area contributed by atoms with Crippen molar-refractivity contribution in [2.24, 2.45) is 11.5 Å². The lowest BCUT2D eigenvalue weighted by molar-refractivity contribution is -0.137. The Morgan fingerprint density at radius 1 is 1.22 bits per heavy atom. The number of carboxylic acid groups (broad SMARTS) is 1. The molecule has 0 saturated carbocycles. The molecular formula is C14H22N2O2. The van der Waals surface area contributed by atoms with E-state index in [0.29, 0.717) is 5.92 Å². The van der Waals surface area contributed by atoms with Crippen molar-refractivity contribution in [1.29, 1.82) is 0 Å². The minimum absolute atomic E-state index is 0.117. The van der Waals surface area contributed by atoms with Gasteiger partial charge in [0.2, 0.25) is 0 Å². The topological polar surface area (TPSA) is 89.3 Å². The maximum absolute atomic E-state index is 10.6. The van der Waals surface area contributed by atoms with Crippen LogP contribution in [0.15, 0.2) is 24.3 Å². The number of benzene rings is 1. The first-order valence-electron chi connectivity index (χ1n) is 6.28. The normalized spacial score (nSPS) is 16.0. The molecular weight excluding hydrogens is 228 g/mol. The van der Waals surface area contributed by atoms with Crippen LogP contribution in [0.4, 0.5) is 0 Å². The summed E-state index contributed by atoms with van der Waals surface area (Å²) in [4.78, 5) is 10.6. The monoisotopic (exact) mass is 250 g/mol. The molecule has 0 radical (unpaired) electrons. The van der Waals surface area contributed by atoms with Crippen molar-refractivity contribution in [2.45, 2.75) is 44.7 Å². The summed E-state index contributed by atoms with van der Waals surface area (Å²) in [7, 11) is 0. The van der Waals surface area contributed by atoms with Crippen LogP contribution >= 0.6 is 0 Å². The third-order valence-corrected chi connectivity index (χ3v) is 3.37. The van der Waals surface area contributed by atoms with Gasteiger partial charge in [-0.2, -0.15) is 0 Å². The zero-order valence-electron chi connectivity index (χ0n) is 11.0. The predicted octanol–water partition coefficient (Wildman–Crippen LogP) is 2.00. The van der Waals surface area contributed by atoms with Crippen LogP contribution < -0.4 is 11.5 Å². The zero-order valence-corrected chi connectivity index (χ0v) is 11.0. The van der Waals surface area contributed by atoms with Crippen LogP contribution in [0.5, 0.6) is 0 Å². The van der Waals surface area contributed by atoms with E-state index < -0.39 is 18.1 Å². The van der Waals surface area contributed by atoms with Crippen molar-refractivity contribution in [3.8, 4) is 0 Å². The Balaban J connectivity index is 2.75. The quantitative estimate of drug-likeness (QED) is 0.720. The first-order valence-corrected chi connectivity index (χ1v) is 6.28. The lowest BCUT2D eigenvalue weighted by Crippen LogP contribution is -2.36. The standard InChI is InChI=1S/C14H22N2O2/c1-3-9(2)10-4-6-11(7-5-10)14(16)12(15)8-13(17)18/h4-7,9,12,14H,3,8,15-16H2,1-2H3,(H,17,18). The van der Waals surface area contributed by atoms with Crippen molar-refractivity contribution in [1.82, 2.24) is 0 Å². The number of hydrogen-bond acceptors (Lipinski definition) is 3. The first kappa shape index (κ1) is 14.7. The van der Waals surface area contributed by atoms with Crippen LogP contribution in [0.2, 0.25) is 0 Å². The Hall–Kier alpha value is -1.39. The van der Waals surface area contributed by atoms with Crippen LogP contribution in [0.25, 0.3) is 0 Å². The van der Waals surface area contributed by atoms with Gasteiger partial charge >= 0.3 is 5.97 Å². The highest BCUT2D eigenvalue weighted by atomic mass is 16.4. The molecule has 0 aliphatic heterocycles. The lowest BCUT2D eigenvalue weighted by atomic mass is 9.93. The lowest BCUT2D eigenvalue weighted by Gasteiger charge is -2.19. The Labute approximate surface area is 108 Å². The third-order valence-electron chi connectivity index (χ3n) is 3.37. The number of hydrogen-bond donors (Lipinski definition) is 3. The van der Waals surface area contributed by atoms with Gasteiger partial charge in [-0.05, 0) is 23.5 Å². The zero-order chi connectivity index (χ0) is 13.7. The van der Waals surface area contributed by atoms with E-state index in [0.717, 1.165) is 12.0 Å². The highest BCUT2D eigenvalue weighted by Crippen LogP contribution is 2.22. The molecule has 0 heterocycles. The Morgan fingerprint density at radius 2 is 1.72 bits per heavy atom. The van der Waals surface area contributed by atoms with Gasteiger partial charge in [0.25, 0.3) is 0 Å². The largest absolute Gasteiger partial charge is 0.481 e. The van der Waals surface area contributed by atoms with E-state index in [9.17, 15) is 4.79 Å². The van der Waals surface area contributed by atoms with Crippen molar-refractivity contribution in [3.05, 3.63) is 35.4 Å². The van der Waals surface area contributed by atoms with Crippen molar-refractivity contribution >= 4 is 5.97 Å². The summed E-state index contributed by atoms with van der Waals surface area (Å²) in [5, 5.41) is 8.69. The molecule has 1 aromatic carbocycles.